The van der Waals surface area contributed by atoms with E-state index in [1.807, 2.05) is 0 Å². The van der Waals surface area contributed by atoms with E-state index in [-0.39, 0.29) is 13.0 Å². The average molecular weight is 203 g/mol. The number of carbonyl (C=O) groups is 1. The summed E-state index contributed by atoms with van der Waals surface area (Å²) in [6, 6.07) is 0. The molecule has 0 saturated carbocycles. The van der Waals surface area contributed by atoms with Crippen LogP contribution in [-0.2, 0) is 4.79 Å². The van der Waals surface area contributed by atoms with Crippen molar-refractivity contribution < 1.29 is 15.0 Å². The first kappa shape index (κ1) is 13.4. The van der Waals surface area contributed by atoms with Gasteiger partial charge < -0.3 is 15.5 Å². The number of aliphatic hydroxyl groups is 1. The van der Waals surface area contributed by atoms with Gasteiger partial charge in [0.2, 0.25) is 0 Å². The molecule has 1 unspecified atom stereocenters. The molecule has 0 aromatic rings. The van der Waals surface area contributed by atoms with Crippen LogP contribution in [-0.4, -0.2) is 35.9 Å². The van der Waals surface area contributed by atoms with Crippen molar-refractivity contribution in [3.63, 3.8) is 0 Å². The fourth-order valence-electron chi connectivity index (χ4n) is 1.30. The Bertz CT molecular complexity index is 150. The Labute approximate surface area is 85.3 Å². The second-order valence-electron chi connectivity index (χ2n) is 3.49. The molecule has 0 bridgehead atoms. The van der Waals surface area contributed by atoms with Crippen LogP contribution in [0.3, 0.4) is 0 Å². The maximum Gasteiger partial charge on any atom is 0.303 e. The van der Waals surface area contributed by atoms with Crippen LogP contribution >= 0.6 is 0 Å². The van der Waals surface area contributed by atoms with Crippen molar-refractivity contribution in [2.24, 2.45) is 5.92 Å². The molecule has 0 aromatic carbocycles. The van der Waals surface area contributed by atoms with Crippen molar-refractivity contribution in [3.8, 4) is 0 Å². The van der Waals surface area contributed by atoms with Gasteiger partial charge in [0.1, 0.15) is 0 Å². The third-order valence-corrected chi connectivity index (χ3v) is 2.29. The smallest absolute Gasteiger partial charge is 0.303 e. The van der Waals surface area contributed by atoms with E-state index < -0.39 is 5.97 Å². The van der Waals surface area contributed by atoms with Gasteiger partial charge in [-0.05, 0) is 31.8 Å². The highest BCUT2D eigenvalue weighted by Crippen LogP contribution is 2.05. The van der Waals surface area contributed by atoms with Gasteiger partial charge in [0.15, 0.2) is 0 Å². The SMILES string of the molecule is CCC(CCO)CNCCCC(=O)O. The highest BCUT2D eigenvalue weighted by molar-refractivity contribution is 5.66. The van der Waals surface area contributed by atoms with Crippen LogP contribution in [0, 0.1) is 5.92 Å². The standard InChI is InChI=1S/C10H21NO3/c1-2-9(5-7-12)8-11-6-3-4-10(13)14/h9,11-12H,2-8H2,1H3,(H,13,14). The first-order valence-corrected chi connectivity index (χ1v) is 5.24. The lowest BCUT2D eigenvalue weighted by Crippen LogP contribution is -2.24. The molecular weight excluding hydrogens is 182 g/mol. The Morgan fingerprint density at radius 2 is 2.21 bits per heavy atom. The van der Waals surface area contributed by atoms with Crippen LogP contribution < -0.4 is 5.32 Å². The molecule has 14 heavy (non-hydrogen) atoms. The van der Waals surface area contributed by atoms with Gasteiger partial charge in [-0.1, -0.05) is 13.3 Å². The third kappa shape index (κ3) is 8.01. The van der Waals surface area contributed by atoms with Crippen molar-refractivity contribution in [2.75, 3.05) is 19.7 Å². The summed E-state index contributed by atoms with van der Waals surface area (Å²) in [5.41, 5.74) is 0. The van der Waals surface area contributed by atoms with E-state index >= 15 is 0 Å². The van der Waals surface area contributed by atoms with Crippen molar-refractivity contribution in [1.82, 2.24) is 5.32 Å². The summed E-state index contributed by atoms with van der Waals surface area (Å²) >= 11 is 0. The predicted molar refractivity (Wildman–Crippen MR) is 55.2 cm³/mol. The van der Waals surface area contributed by atoms with Crippen LogP contribution in [0.2, 0.25) is 0 Å². The molecule has 4 nitrogen and oxygen atoms in total. The second-order valence-corrected chi connectivity index (χ2v) is 3.49. The summed E-state index contributed by atoms with van der Waals surface area (Å²) in [5.74, 6) is -0.237. The van der Waals surface area contributed by atoms with E-state index in [4.69, 9.17) is 10.2 Å². The first-order chi connectivity index (χ1) is 6.70. The Morgan fingerprint density at radius 3 is 2.71 bits per heavy atom. The van der Waals surface area contributed by atoms with Gasteiger partial charge in [0, 0.05) is 13.0 Å². The van der Waals surface area contributed by atoms with E-state index in [0.29, 0.717) is 12.3 Å². The fraction of sp³-hybridized carbons (Fsp3) is 0.900. The summed E-state index contributed by atoms with van der Waals surface area (Å²) in [6.45, 7) is 3.94. The minimum absolute atomic E-state index is 0.226. The van der Waals surface area contributed by atoms with E-state index in [9.17, 15) is 4.79 Å². The zero-order chi connectivity index (χ0) is 10.8. The van der Waals surface area contributed by atoms with Crippen LogP contribution in [0.4, 0.5) is 0 Å². The van der Waals surface area contributed by atoms with Gasteiger partial charge in [-0.25, -0.2) is 0 Å². The van der Waals surface area contributed by atoms with Crippen LogP contribution in [0.25, 0.3) is 0 Å². The molecular formula is C10H21NO3. The summed E-state index contributed by atoms with van der Waals surface area (Å²) in [4.78, 5) is 10.2. The highest BCUT2D eigenvalue weighted by atomic mass is 16.4. The second kappa shape index (κ2) is 8.97. The zero-order valence-corrected chi connectivity index (χ0v) is 8.83. The number of carboxylic acid groups (broad SMARTS) is 1. The van der Waals surface area contributed by atoms with Gasteiger partial charge in [-0.2, -0.15) is 0 Å². The molecule has 0 rings (SSSR count). The number of hydrogen-bond acceptors (Lipinski definition) is 3. The molecule has 4 heteroatoms. The molecule has 3 N–H and O–H groups in total. The minimum Gasteiger partial charge on any atom is -0.481 e. The van der Waals surface area contributed by atoms with E-state index in [1.165, 1.54) is 0 Å². The van der Waals surface area contributed by atoms with Gasteiger partial charge in [0.05, 0.1) is 0 Å². The molecule has 1 atom stereocenters. The van der Waals surface area contributed by atoms with Crippen molar-refractivity contribution in [3.05, 3.63) is 0 Å². The molecule has 0 amide bonds. The number of rotatable bonds is 9. The zero-order valence-electron chi connectivity index (χ0n) is 8.83. The molecule has 0 aliphatic heterocycles. The van der Waals surface area contributed by atoms with E-state index in [2.05, 4.69) is 12.2 Å². The lowest BCUT2D eigenvalue weighted by atomic mass is 10.0. The number of aliphatic hydroxyl groups excluding tert-OH is 1. The molecule has 84 valence electrons. The molecule has 0 aromatic heterocycles. The Balaban J connectivity index is 3.28. The van der Waals surface area contributed by atoms with Gasteiger partial charge in [-0.15, -0.1) is 0 Å². The molecule has 0 radical (unpaired) electrons. The third-order valence-electron chi connectivity index (χ3n) is 2.29. The molecule has 0 heterocycles. The van der Waals surface area contributed by atoms with Crippen LogP contribution in [0.1, 0.15) is 32.6 Å². The monoisotopic (exact) mass is 203 g/mol. The Kier molecular flexibility index (Phi) is 8.57. The Hall–Kier alpha value is -0.610. The molecule has 0 aliphatic carbocycles. The highest BCUT2D eigenvalue weighted by Gasteiger charge is 2.04. The number of nitrogens with one attached hydrogen (secondary N) is 1. The lowest BCUT2D eigenvalue weighted by molar-refractivity contribution is -0.137. The Morgan fingerprint density at radius 1 is 1.50 bits per heavy atom. The van der Waals surface area contributed by atoms with E-state index in [0.717, 1.165) is 25.9 Å². The summed E-state index contributed by atoms with van der Waals surface area (Å²) < 4.78 is 0. The lowest BCUT2D eigenvalue weighted by Gasteiger charge is -2.13. The van der Waals surface area contributed by atoms with Crippen LogP contribution in [0.15, 0.2) is 0 Å². The summed E-state index contributed by atoms with van der Waals surface area (Å²) in [6.07, 6.45) is 2.77. The average Bonchev–Trinajstić information content (AvgIpc) is 2.15. The normalized spacial score (nSPS) is 12.7. The number of aliphatic carboxylic acids is 1. The largest absolute Gasteiger partial charge is 0.481 e. The molecule has 0 saturated heterocycles. The maximum absolute atomic E-state index is 10.2. The van der Waals surface area contributed by atoms with Gasteiger partial charge >= 0.3 is 5.97 Å². The predicted octanol–water partition coefficient (Wildman–Crippen LogP) is 0.849. The molecule has 0 spiro atoms. The topological polar surface area (TPSA) is 69.6 Å². The van der Waals surface area contributed by atoms with Crippen molar-refractivity contribution in [1.29, 1.82) is 0 Å². The van der Waals surface area contributed by atoms with Crippen LogP contribution in [0.5, 0.6) is 0 Å². The number of carboxylic acids is 1. The van der Waals surface area contributed by atoms with Gasteiger partial charge in [0.25, 0.3) is 0 Å². The summed E-state index contributed by atoms with van der Waals surface area (Å²) in [7, 11) is 0. The molecule has 0 aliphatic rings. The fourth-order valence-corrected chi connectivity index (χ4v) is 1.30. The quantitative estimate of drug-likeness (QED) is 0.486. The molecule has 0 fully saturated rings. The minimum atomic E-state index is -0.741. The van der Waals surface area contributed by atoms with Gasteiger partial charge in [-0.3, -0.25) is 4.79 Å². The van der Waals surface area contributed by atoms with E-state index in [1.54, 1.807) is 0 Å². The van der Waals surface area contributed by atoms with Crippen molar-refractivity contribution in [2.45, 2.75) is 32.6 Å². The van der Waals surface area contributed by atoms with Crippen molar-refractivity contribution >= 4 is 5.97 Å². The maximum atomic E-state index is 10.2. The first-order valence-electron chi connectivity index (χ1n) is 5.24. The summed E-state index contributed by atoms with van der Waals surface area (Å²) in [5, 5.41) is 20.3. The number of hydrogen-bond donors (Lipinski definition) is 3.